The first-order valence-electron chi connectivity index (χ1n) is 5.94. The largest absolute Gasteiger partial charge is 0.0651 e. The number of rotatable bonds is 3. The Morgan fingerprint density at radius 2 is 1.85 bits per heavy atom. The quantitative estimate of drug-likeness (QED) is 0.613. The summed E-state index contributed by atoms with van der Waals surface area (Å²) >= 11 is 0. The van der Waals surface area contributed by atoms with Crippen LogP contribution >= 0.6 is 0 Å². The van der Waals surface area contributed by atoms with E-state index in [4.69, 9.17) is 0 Å². The zero-order chi connectivity index (χ0) is 9.85. The highest BCUT2D eigenvalue weighted by molar-refractivity contribution is 5.24. The molecule has 2 aliphatic rings. The van der Waals surface area contributed by atoms with Crippen molar-refractivity contribution in [3.05, 3.63) is 0 Å². The highest BCUT2D eigenvalue weighted by Crippen LogP contribution is 2.83. The van der Waals surface area contributed by atoms with Crippen molar-refractivity contribution in [3.8, 4) is 0 Å². The van der Waals surface area contributed by atoms with Gasteiger partial charge in [-0.15, -0.1) is 0 Å². The molecule has 1 spiro atoms. The number of hydrogen-bond acceptors (Lipinski definition) is 0. The molecule has 13 heavy (non-hydrogen) atoms. The fourth-order valence-electron chi connectivity index (χ4n) is 3.52. The molecule has 2 aliphatic carbocycles. The third-order valence-corrected chi connectivity index (χ3v) is 5.29. The van der Waals surface area contributed by atoms with Crippen LogP contribution in [0.5, 0.6) is 0 Å². The van der Waals surface area contributed by atoms with Gasteiger partial charge in [0.25, 0.3) is 0 Å². The van der Waals surface area contributed by atoms with Crippen LogP contribution in [0.1, 0.15) is 53.9 Å². The van der Waals surface area contributed by atoms with Crippen molar-refractivity contribution in [2.24, 2.45) is 28.6 Å². The summed E-state index contributed by atoms with van der Waals surface area (Å²) in [5.41, 5.74) is 1.51. The minimum Gasteiger partial charge on any atom is -0.0651 e. The monoisotopic (exact) mass is 180 g/mol. The Morgan fingerprint density at radius 3 is 2.15 bits per heavy atom. The Hall–Kier alpha value is 0. The Balaban J connectivity index is 1.94. The molecular weight excluding hydrogens is 156 g/mol. The van der Waals surface area contributed by atoms with Crippen molar-refractivity contribution >= 4 is 0 Å². The lowest BCUT2D eigenvalue weighted by Crippen LogP contribution is -2.11. The van der Waals surface area contributed by atoms with E-state index in [2.05, 4.69) is 34.6 Å². The zero-order valence-electron chi connectivity index (χ0n) is 9.85. The third-order valence-electron chi connectivity index (χ3n) is 5.29. The molecule has 0 aromatic heterocycles. The molecule has 0 aliphatic heterocycles. The van der Waals surface area contributed by atoms with Gasteiger partial charge in [-0.2, -0.15) is 0 Å². The van der Waals surface area contributed by atoms with E-state index in [9.17, 15) is 0 Å². The maximum absolute atomic E-state index is 2.47. The van der Waals surface area contributed by atoms with Crippen LogP contribution in [-0.4, -0.2) is 0 Å². The van der Waals surface area contributed by atoms with Crippen molar-refractivity contribution in [1.29, 1.82) is 0 Å². The van der Waals surface area contributed by atoms with Gasteiger partial charge in [-0.05, 0) is 41.4 Å². The molecule has 0 aromatic rings. The molecule has 2 rings (SSSR count). The zero-order valence-corrected chi connectivity index (χ0v) is 9.85. The molecule has 0 saturated heterocycles. The molecule has 4 unspecified atom stereocenters. The van der Waals surface area contributed by atoms with Gasteiger partial charge in [0.1, 0.15) is 0 Å². The summed E-state index contributed by atoms with van der Waals surface area (Å²) in [5.74, 6) is 2.96. The minimum atomic E-state index is 0.694. The van der Waals surface area contributed by atoms with Crippen molar-refractivity contribution in [2.75, 3.05) is 0 Å². The Kier molecular flexibility index (Phi) is 1.85. The van der Waals surface area contributed by atoms with Crippen molar-refractivity contribution in [2.45, 2.75) is 53.9 Å². The second-order valence-corrected chi connectivity index (χ2v) is 6.27. The maximum Gasteiger partial charge on any atom is -0.0207 e. The van der Waals surface area contributed by atoms with E-state index in [1.807, 2.05) is 0 Å². The molecule has 0 radical (unpaired) electrons. The first-order valence-corrected chi connectivity index (χ1v) is 5.94. The van der Waals surface area contributed by atoms with Crippen molar-refractivity contribution in [1.82, 2.24) is 0 Å². The van der Waals surface area contributed by atoms with Crippen LogP contribution in [0.2, 0.25) is 0 Å². The van der Waals surface area contributed by atoms with Gasteiger partial charge < -0.3 is 0 Å². The van der Waals surface area contributed by atoms with Crippen molar-refractivity contribution in [3.63, 3.8) is 0 Å². The fraction of sp³-hybridized carbons (Fsp3) is 1.00. The van der Waals surface area contributed by atoms with Crippen LogP contribution < -0.4 is 0 Å². The Bertz CT molecular complexity index is 216. The van der Waals surface area contributed by atoms with E-state index in [1.54, 1.807) is 0 Å². The molecule has 4 atom stereocenters. The van der Waals surface area contributed by atoms with Crippen LogP contribution in [0.4, 0.5) is 0 Å². The molecule has 2 fully saturated rings. The van der Waals surface area contributed by atoms with Gasteiger partial charge in [0.05, 0.1) is 0 Å². The average molecular weight is 180 g/mol. The van der Waals surface area contributed by atoms with Gasteiger partial charge in [-0.25, -0.2) is 0 Å². The predicted molar refractivity (Wildman–Crippen MR) is 57.6 cm³/mol. The first-order chi connectivity index (χ1) is 5.94. The molecule has 0 aromatic carbocycles. The van der Waals surface area contributed by atoms with E-state index in [0.29, 0.717) is 5.41 Å². The summed E-state index contributed by atoms with van der Waals surface area (Å²) in [6, 6.07) is 0. The summed E-state index contributed by atoms with van der Waals surface area (Å²) in [6.07, 6.45) is 4.39. The molecule has 0 heterocycles. The second kappa shape index (κ2) is 2.52. The lowest BCUT2D eigenvalue weighted by atomic mass is 9.87. The summed E-state index contributed by atoms with van der Waals surface area (Å²) in [6.45, 7) is 12.1. The molecular formula is C13H24. The van der Waals surface area contributed by atoms with Gasteiger partial charge in [0.15, 0.2) is 0 Å². The fourth-order valence-corrected chi connectivity index (χ4v) is 3.52. The van der Waals surface area contributed by atoms with Gasteiger partial charge in [0.2, 0.25) is 0 Å². The van der Waals surface area contributed by atoms with Crippen LogP contribution in [-0.2, 0) is 0 Å². The van der Waals surface area contributed by atoms with E-state index >= 15 is 0 Å². The molecule has 0 amide bonds. The molecule has 0 nitrogen and oxygen atoms in total. The molecule has 76 valence electrons. The molecule has 0 bridgehead atoms. The van der Waals surface area contributed by atoms with Gasteiger partial charge >= 0.3 is 0 Å². The van der Waals surface area contributed by atoms with E-state index in [-0.39, 0.29) is 0 Å². The topological polar surface area (TPSA) is 0 Å². The van der Waals surface area contributed by atoms with E-state index in [1.165, 1.54) is 19.3 Å². The lowest BCUT2D eigenvalue weighted by molar-refractivity contribution is 0.307. The highest BCUT2D eigenvalue weighted by atomic mass is 14.8. The standard InChI is InChI=1S/C13H24/c1-6-9(2)10(3)11-7-13(11)8-12(13,4)5/h9-11H,6-8H2,1-5H3. The molecule has 2 saturated carbocycles. The average Bonchev–Trinajstić information content (AvgIpc) is 2.89. The van der Waals surface area contributed by atoms with E-state index < -0.39 is 0 Å². The van der Waals surface area contributed by atoms with Crippen LogP contribution in [0.3, 0.4) is 0 Å². The third kappa shape index (κ3) is 1.17. The van der Waals surface area contributed by atoms with Gasteiger partial charge in [0, 0.05) is 0 Å². The van der Waals surface area contributed by atoms with E-state index in [0.717, 1.165) is 23.2 Å². The Morgan fingerprint density at radius 1 is 1.31 bits per heavy atom. The SMILES string of the molecule is CCC(C)C(C)C1CC12CC2(C)C. The summed E-state index contributed by atoms with van der Waals surface area (Å²) in [7, 11) is 0. The van der Waals surface area contributed by atoms with Crippen LogP contribution in [0.25, 0.3) is 0 Å². The molecule has 0 N–H and O–H groups in total. The number of hydrogen-bond donors (Lipinski definition) is 0. The first kappa shape index (κ1) is 9.55. The predicted octanol–water partition coefficient (Wildman–Crippen LogP) is 4.10. The highest BCUT2D eigenvalue weighted by Gasteiger charge is 2.75. The van der Waals surface area contributed by atoms with Crippen LogP contribution in [0, 0.1) is 28.6 Å². The van der Waals surface area contributed by atoms with Gasteiger partial charge in [-0.3, -0.25) is 0 Å². The smallest absolute Gasteiger partial charge is 0.0207 e. The Labute approximate surface area is 83.1 Å². The summed E-state index contributed by atoms with van der Waals surface area (Å²) in [5, 5.41) is 0. The normalized spacial score (nSPS) is 44.5. The second-order valence-electron chi connectivity index (χ2n) is 6.27. The minimum absolute atomic E-state index is 0.694. The summed E-state index contributed by atoms with van der Waals surface area (Å²) in [4.78, 5) is 0. The van der Waals surface area contributed by atoms with Crippen molar-refractivity contribution < 1.29 is 0 Å². The van der Waals surface area contributed by atoms with Crippen LogP contribution in [0.15, 0.2) is 0 Å². The lowest BCUT2D eigenvalue weighted by Gasteiger charge is -2.18. The summed E-state index contributed by atoms with van der Waals surface area (Å²) < 4.78 is 0. The van der Waals surface area contributed by atoms with Gasteiger partial charge in [-0.1, -0.05) is 41.0 Å². The maximum atomic E-state index is 2.47. The molecule has 0 heteroatoms.